The summed E-state index contributed by atoms with van der Waals surface area (Å²) < 4.78 is 25.0. The molecule has 0 amide bonds. The van der Waals surface area contributed by atoms with Gasteiger partial charge in [0.05, 0.1) is 17.6 Å². The highest BCUT2D eigenvalue weighted by molar-refractivity contribution is 7.89. The van der Waals surface area contributed by atoms with Gasteiger partial charge in [-0.25, -0.2) is 12.7 Å². The number of rotatable bonds is 7. The third kappa shape index (κ3) is 4.26. The first kappa shape index (κ1) is 17.1. The molecule has 6 nitrogen and oxygen atoms in total. The summed E-state index contributed by atoms with van der Waals surface area (Å²) in [5.74, 6) is 0. The molecule has 1 aromatic rings. The van der Waals surface area contributed by atoms with Crippen LogP contribution in [0.2, 0.25) is 0 Å². The van der Waals surface area contributed by atoms with Crippen LogP contribution in [0.1, 0.15) is 18.5 Å². The van der Waals surface area contributed by atoms with E-state index in [9.17, 15) is 13.5 Å². The maximum atomic E-state index is 11.9. The third-order valence-electron chi connectivity index (χ3n) is 3.03. The van der Waals surface area contributed by atoms with Crippen molar-refractivity contribution in [1.29, 1.82) is 0 Å². The molecule has 2 atom stereocenters. The van der Waals surface area contributed by atoms with Crippen LogP contribution in [-0.4, -0.2) is 56.3 Å². The van der Waals surface area contributed by atoms with Crippen LogP contribution in [0.5, 0.6) is 0 Å². The zero-order valence-corrected chi connectivity index (χ0v) is 12.8. The summed E-state index contributed by atoms with van der Waals surface area (Å²) in [4.78, 5) is 0.244. The number of sulfonamides is 1. The van der Waals surface area contributed by atoms with Gasteiger partial charge in [0.15, 0.2) is 0 Å². The number of nitrogens with zero attached hydrogens (tertiary/aromatic N) is 1. The molecular weight excluding hydrogens is 280 g/mol. The van der Waals surface area contributed by atoms with Gasteiger partial charge in [-0.15, -0.1) is 0 Å². The van der Waals surface area contributed by atoms with E-state index in [1.807, 2.05) is 6.92 Å². The van der Waals surface area contributed by atoms with Crippen LogP contribution in [0, 0.1) is 0 Å². The molecule has 0 radical (unpaired) electrons. The standard InChI is InChI=1S/C13H22N2O4S/c1-10(14-8-12(17)9-16)11-4-6-13(7-5-11)20(18,19)15(2)3/h4-7,10,12,14,16-17H,8-9H2,1-3H3. The highest BCUT2D eigenvalue weighted by Gasteiger charge is 2.17. The molecule has 1 rings (SSSR count). The summed E-state index contributed by atoms with van der Waals surface area (Å²) in [5, 5.41) is 21.1. The monoisotopic (exact) mass is 302 g/mol. The Bertz CT molecular complexity index is 514. The van der Waals surface area contributed by atoms with Crippen molar-refractivity contribution in [2.24, 2.45) is 0 Å². The van der Waals surface area contributed by atoms with Gasteiger partial charge in [0.25, 0.3) is 0 Å². The molecule has 114 valence electrons. The Morgan fingerprint density at radius 1 is 1.25 bits per heavy atom. The van der Waals surface area contributed by atoms with Crippen LogP contribution in [0.25, 0.3) is 0 Å². The molecule has 0 aromatic heterocycles. The Kier molecular flexibility index (Phi) is 6.09. The first-order valence-corrected chi connectivity index (χ1v) is 7.78. The minimum atomic E-state index is -3.41. The maximum absolute atomic E-state index is 11.9. The lowest BCUT2D eigenvalue weighted by molar-refractivity contribution is 0.0924. The van der Waals surface area contributed by atoms with Crippen molar-refractivity contribution < 1.29 is 18.6 Å². The SMILES string of the molecule is CC(NCC(O)CO)c1ccc(S(=O)(=O)N(C)C)cc1. The number of aliphatic hydroxyl groups is 2. The molecule has 0 aliphatic carbocycles. The summed E-state index contributed by atoms with van der Waals surface area (Å²) >= 11 is 0. The molecule has 0 heterocycles. The first-order chi connectivity index (χ1) is 9.28. The van der Waals surface area contributed by atoms with E-state index in [1.54, 1.807) is 24.3 Å². The van der Waals surface area contributed by atoms with E-state index in [-0.39, 0.29) is 24.1 Å². The van der Waals surface area contributed by atoms with E-state index < -0.39 is 16.1 Å². The van der Waals surface area contributed by atoms with E-state index >= 15 is 0 Å². The van der Waals surface area contributed by atoms with Crippen LogP contribution in [-0.2, 0) is 10.0 Å². The number of hydrogen-bond donors (Lipinski definition) is 3. The second-order valence-corrected chi connectivity index (χ2v) is 6.97. The molecule has 0 aliphatic heterocycles. The van der Waals surface area contributed by atoms with E-state index in [0.29, 0.717) is 0 Å². The molecule has 2 unspecified atom stereocenters. The second-order valence-electron chi connectivity index (χ2n) is 4.82. The second kappa shape index (κ2) is 7.14. The van der Waals surface area contributed by atoms with Gasteiger partial charge >= 0.3 is 0 Å². The maximum Gasteiger partial charge on any atom is 0.242 e. The topological polar surface area (TPSA) is 89.9 Å². The molecule has 7 heteroatoms. The quantitative estimate of drug-likeness (QED) is 0.656. The van der Waals surface area contributed by atoms with Gasteiger partial charge in [0, 0.05) is 26.7 Å². The predicted molar refractivity (Wildman–Crippen MR) is 76.8 cm³/mol. The average Bonchev–Trinajstić information content (AvgIpc) is 2.44. The largest absolute Gasteiger partial charge is 0.394 e. The van der Waals surface area contributed by atoms with E-state index in [0.717, 1.165) is 5.56 Å². The zero-order valence-electron chi connectivity index (χ0n) is 11.9. The van der Waals surface area contributed by atoms with Gasteiger partial charge in [0.1, 0.15) is 0 Å². The lowest BCUT2D eigenvalue weighted by atomic mass is 10.1. The van der Waals surface area contributed by atoms with Crippen LogP contribution < -0.4 is 5.32 Å². The van der Waals surface area contributed by atoms with Crippen molar-refractivity contribution in [3.05, 3.63) is 29.8 Å². The van der Waals surface area contributed by atoms with Crippen molar-refractivity contribution in [3.63, 3.8) is 0 Å². The van der Waals surface area contributed by atoms with Crippen molar-refractivity contribution in [2.75, 3.05) is 27.2 Å². The van der Waals surface area contributed by atoms with Gasteiger partial charge in [-0.1, -0.05) is 12.1 Å². The fourth-order valence-electron chi connectivity index (χ4n) is 1.63. The number of benzene rings is 1. The van der Waals surface area contributed by atoms with Gasteiger partial charge in [-0.3, -0.25) is 0 Å². The summed E-state index contributed by atoms with van der Waals surface area (Å²) in [6, 6.07) is 6.54. The minimum Gasteiger partial charge on any atom is -0.394 e. The predicted octanol–water partition coefficient (Wildman–Crippen LogP) is -0.0593. The van der Waals surface area contributed by atoms with Crippen LogP contribution >= 0.6 is 0 Å². The molecule has 0 spiro atoms. The Hall–Kier alpha value is -0.990. The Balaban J connectivity index is 2.76. The number of aliphatic hydroxyl groups excluding tert-OH is 2. The molecule has 20 heavy (non-hydrogen) atoms. The molecule has 0 bridgehead atoms. The van der Waals surface area contributed by atoms with Crippen LogP contribution in [0.3, 0.4) is 0 Å². The highest BCUT2D eigenvalue weighted by atomic mass is 32.2. The Labute approximate surface area is 120 Å². The van der Waals surface area contributed by atoms with Crippen molar-refractivity contribution in [1.82, 2.24) is 9.62 Å². The van der Waals surface area contributed by atoms with Gasteiger partial charge in [-0.05, 0) is 24.6 Å². The van der Waals surface area contributed by atoms with Crippen LogP contribution in [0.15, 0.2) is 29.2 Å². The summed E-state index contributed by atoms with van der Waals surface area (Å²) in [6.07, 6.45) is -0.800. The third-order valence-corrected chi connectivity index (χ3v) is 4.86. The van der Waals surface area contributed by atoms with E-state index in [2.05, 4.69) is 5.32 Å². The summed E-state index contributed by atoms with van der Waals surface area (Å²) in [5.41, 5.74) is 0.910. The van der Waals surface area contributed by atoms with E-state index in [1.165, 1.54) is 18.4 Å². The molecule has 0 aliphatic rings. The Morgan fingerprint density at radius 3 is 2.25 bits per heavy atom. The Morgan fingerprint density at radius 2 is 1.80 bits per heavy atom. The number of hydrogen-bond acceptors (Lipinski definition) is 5. The van der Waals surface area contributed by atoms with E-state index in [4.69, 9.17) is 5.11 Å². The molecule has 0 fully saturated rings. The number of nitrogens with one attached hydrogen (secondary N) is 1. The minimum absolute atomic E-state index is 0.0488. The van der Waals surface area contributed by atoms with Crippen molar-refractivity contribution in [3.8, 4) is 0 Å². The van der Waals surface area contributed by atoms with Gasteiger partial charge in [-0.2, -0.15) is 0 Å². The first-order valence-electron chi connectivity index (χ1n) is 6.34. The molecule has 1 aromatic carbocycles. The van der Waals surface area contributed by atoms with Crippen molar-refractivity contribution >= 4 is 10.0 Å². The summed E-state index contributed by atoms with van der Waals surface area (Å²) in [7, 11) is -0.430. The average molecular weight is 302 g/mol. The van der Waals surface area contributed by atoms with Gasteiger partial charge < -0.3 is 15.5 Å². The molecule has 0 saturated heterocycles. The lowest BCUT2D eigenvalue weighted by Crippen LogP contribution is -2.31. The zero-order chi connectivity index (χ0) is 15.3. The fraction of sp³-hybridized carbons (Fsp3) is 0.538. The normalized spacial score (nSPS) is 15.3. The van der Waals surface area contributed by atoms with Gasteiger partial charge in [0.2, 0.25) is 10.0 Å². The lowest BCUT2D eigenvalue weighted by Gasteiger charge is -2.17. The highest BCUT2D eigenvalue weighted by Crippen LogP contribution is 2.18. The molecule has 3 N–H and O–H groups in total. The fourth-order valence-corrected chi connectivity index (χ4v) is 2.54. The molecule has 0 saturated carbocycles. The van der Waals surface area contributed by atoms with Crippen molar-refractivity contribution in [2.45, 2.75) is 24.0 Å². The molecular formula is C13H22N2O4S. The smallest absolute Gasteiger partial charge is 0.242 e. The summed E-state index contributed by atoms with van der Waals surface area (Å²) in [6.45, 7) is 1.88. The van der Waals surface area contributed by atoms with Crippen LogP contribution in [0.4, 0.5) is 0 Å².